The molecule has 4 aromatic rings. The second-order valence-corrected chi connectivity index (χ2v) is 12.6. The van der Waals surface area contributed by atoms with Crippen molar-refractivity contribution in [3.05, 3.63) is 59.1 Å². The minimum atomic E-state index is -1.17. The van der Waals surface area contributed by atoms with Crippen LogP contribution in [0.2, 0.25) is 0 Å². The van der Waals surface area contributed by atoms with Crippen molar-refractivity contribution in [2.24, 2.45) is 5.73 Å². The van der Waals surface area contributed by atoms with Crippen LogP contribution in [0.4, 0.5) is 11.6 Å². The van der Waals surface area contributed by atoms with Gasteiger partial charge in [0.1, 0.15) is 10.6 Å². The molecule has 0 spiro atoms. The Morgan fingerprint density at radius 3 is 2.67 bits per heavy atom. The number of ether oxygens (including phenoxy) is 1. The van der Waals surface area contributed by atoms with Crippen molar-refractivity contribution in [3.63, 3.8) is 0 Å². The molecular formula is C29H33N5O3S2. The van der Waals surface area contributed by atoms with Gasteiger partial charge in [0.15, 0.2) is 0 Å². The first-order valence-corrected chi connectivity index (χ1v) is 15.4. The molecule has 0 aliphatic carbocycles. The van der Waals surface area contributed by atoms with Gasteiger partial charge in [-0.1, -0.05) is 18.2 Å². The van der Waals surface area contributed by atoms with E-state index in [-0.39, 0.29) is 6.10 Å². The lowest BCUT2D eigenvalue weighted by Gasteiger charge is -2.29. The molecule has 2 aromatic carbocycles. The first kappa shape index (κ1) is 27.2. The van der Waals surface area contributed by atoms with Crippen LogP contribution in [-0.2, 0) is 10.8 Å². The molecule has 39 heavy (non-hydrogen) atoms. The highest BCUT2D eigenvalue weighted by atomic mass is 32.2. The van der Waals surface area contributed by atoms with Crippen LogP contribution < -0.4 is 15.8 Å². The van der Waals surface area contributed by atoms with Crippen molar-refractivity contribution in [2.75, 3.05) is 31.7 Å². The van der Waals surface area contributed by atoms with E-state index in [9.17, 15) is 9.00 Å². The van der Waals surface area contributed by atoms with Gasteiger partial charge in [0.05, 0.1) is 28.2 Å². The highest BCUT2D eigenvalue weighted by molar-refractivity contribution is 7.84. The Labute approximate surface area is 235 Å². The first-order valence-electron chi connectivity index (χ1n) is 13.0. The van der Waals surface area contributed by atoms with Gasteiger partial charge in [0, 0.05) is 27.5 Å². The zero-order chi connectivity index (χ0) is 27.7. The topological polar surface area (TPSA) is 110 Å². The van der Waals surface area contributed by atoms with E-state index in [1.165, 1.54) is 16.9 Å². The molecule has 1 aliphatic heterocycles. The first-order chi connectivity index (χ1) is 18.7. The summed E-state index contributed by atoms with van der Waals surface area (Å²) in [7, 11) is 0.996. The Morgan fingerprint density at radius 1 is 1.21 bits per heavy atom. The van der Waals surface area contributed by atoms with Gasteiger partial charge in [-0.2, -0.15) is 0 Å². The summed E-state index contributed by atoms with van der Waals surface area (Å²) >= 11 is 1.25. The molecule has 1 fully saturated rings. The molecule has 5 rings (SSSR count). The van der Waals surface area contributed by atoms with Crippen molar-refractivity contribution < 1.29 is 13.7 Å². The second-order valence-electron chi connectivity index (χ2n) is 10.2. The largest absolute Gasteiger partial charge is 0.489 e. The number of nitrogens with zero attached hydrogens (tertiary/aromatic N) is 3. The molecule has 0 saturated carbocycles. The molecule has 3 N–H and O–H groups in total. The number of carbonyl (C=O) groups excluding carboxylic acids is 1. The summed E-state index contributed by atoms with van der Waals surface area (Å²) < 4.78 is 19.1. The number of hydrogen-bond donors (Lipinski definition) is 2. The van der Waals surface area contributed by atoms with E-state index in [2.05, 4.69) is 34.4 Å². The SMILES string of the molecule is CC(C)Oc1cc(C2CCN(C)CC2)ccc1Nc1ncc2sc(C(N)=O)c(-c3cccc([S@@](C)=O)c3)c2n1. The number of amides is 1. The number of benzene rings is 2. The van der Waals surface area contributed by atoms with Crippen LogP contribution in [0.1, 0.15) is 47.8 Å². The van der Waals surface area contributed by atoms with E-state index in [0.717, 1.165) is 47.6 Å². The third kappa shape index (κ3) is 5.98. The molecule has 1 atom stereocenters. The van der Waals surface area contributed by atoms with E-state index in [0.29, 0.717) is 32.7 Å². The fourth-order valence-electron chi connectivity index (χ4n) is 4.93. The predicted octanol–water partition coefficient (Wildman–Crippen LogP) is 5.53. The van der Waals surface area contributed by atoms with Crippen LogP contribution in [0.5, 0.6) is 5.75 Å². The van der Waals surface area contributed by atoms with Gasteiger partial charge >= 0.3 is 0 Å². The molecule has 2 aromatic heterocycles. The van der Waals surface area contributed by atoms with Crippen molar-refractivity contribution >= 4 is 49.9 Å². The Morgan fingerprint density at radius 2 is 1.97 bits per heavy atom. The minimum Gasteiger partial charge on any atom is -0.489 e. The zero-order valence-corrected chi connectivity index (χ0v) is 24.2. The van der Waals surface area contributed by atoms with Crippen LogP contribution >= 0.6 is 11.3 Å². The van der Waals surface area contributed by atoms with Crippen LogP contribution in [-0.4, -0.2) is 57.5 Å². The maximum atomic E-state index is 12.4. The zero-order valence-electron chi connectivity index (χ0n) is 22.6. The molecular weight excluding hydrogens is 530 g/mol. The number of nitrogens with two attached hydrogens (primary N) is 1. The molecule has 1 amide bonds. The Kier molecular flexibility index (Phi) is 7.97. The molecule has 8 nitrogen and oxygen atoms in total. The van der Waals surface area contributed by atoms with Gasteiger partial charge in [-0.05, 0) is 88.1 Å². The number of piperidine rings is 1. The lowest BCUT2D eigenvalue weighted by Crippen LogP contribution is -2.29. The number of likely N-dealkylation sites (tertiary alicyclic amines) is 1. The van der Waals surface area contributed by atoms with Crippen LogP contribution in [0, 0.1) is 0 Å². The highest BCUT2D eigenvalue weighted by Gasteiger charge is 2.22. The number of fused-ring (bicyclic) bond motifs is 1. The van der Waals surface area contributed by atoms with Gasteiger partial charge in [-0.15, -0.1) is 11.3 Å². The Hall–Kier alpha value is -3.34. The van der Waals surface area contributed by atoms with E-state index in [1.807, 2.05) is 38.1 Å². The number of carbonyl (C=O) groups is 1. The number of rotatable bonds is 8. The summed E-state index contributed by atoms with van der Waals surface area (Å²) in [6, 6.07) is 13.6. The van der Waals surface area contributed by atoms with Gasteiger partial charge in [0.25, 0.3) is 5.91 Å². The van der Waals surface area contributed by atoms with Crippen LogP contribution in [0.15, 0.2) is 53.6 Å². The van der Waals surface area contributed by atoms with E-state index >= 15 is 0 Å². The van der Waals surface area contributed by atoms with Gasteiger partial charge in [-0.25, -0.2) is 9.97 Å². The van der Waals surface area contributed by atoms with Gasteiger partial charge in [0.2, 0.25) is 5.95 Å². The van der Waals surface area contributed by atoms with Crippen molar-refractivity contribution in [1.29, 1.82) is 0 Å². The molecule has 0 bridgehead atoms. The summed E-state index contributed by atoms with van der Waals surface area (Å²) in [6.07, 6.45) is 5.57. The maximum Gasteiger partial charge on any atom is 0.259 e. The normalized spacial score (nSPS) is 15.5. The summed E-state index contributed by atoms with van der Waals surface area (Å²) in [6.45, 7) is 6.20. The molecule has 3 heterocycles. The Balaban J connectivity index is 1.53. The molecule has 1 saturated heterocycles. The lowest BCUT2D eigenvalue weighted by molar-refractivity contribution is 0.100. The van der Waals surface area contributed by atoms with Gasteiger partial charge < -0.3 is 20.7 Å². The lowest BCUT2D eigenvalue weighted by atomic mass is 9.89. The van der Waals surface area contributed by atoms with Gasteiger partial charge in [-0.3, -0.25) is 9.00 Å². The predicted molar refractivity (Wildman–Crippen MR) is 159 cm³/mol. The number of anilines is 2. The third-order valence-electron chi connectivity index (χ3n) is 6.91. The number of aromatic nitrogens is 2. The van der Waals surface area contributed by atoms with E-state index < -0.39 is 16.7 Å². The summed E-state index contributed by atoms with van der Waals surface area (Å²) in [5.74, 6) is 1.11. The highest BCUT2D eigenvalue weighted by Crippen LogP contribution is 2.39. The summed E-state index contributed by atoms with van der Waals surface area (Å²) in [5, 5.41) is 3.34. The standard InChI is InChI=1S/C29H33N5O3S2/c1-17(2)37-23-15-19(18-10-12-34(3)13-11-18)8-9-22(23)32-29-31-16-24-26(33-29)25(27(38-24)28(30)35)20-6-5-7-21(14-20)39(4)36/h5-9,14-18H,10-13H2,1-4H3,(H2,30,35)(H,31,32,33)/t39-/m1/s1. The van der Waals surface area contributed by atoms with E-state index in [4.69, 9.17) is 15.5 Å². The average molecular weight is 564 g/mol. The average Bonchev–Trinajstić information content (AvgIpc) is 3.29. The molecule has 0 radical (unpaired) electrons. The summed E-state index contributed by atoms with van der Waals surface area (Å²) in [4.78, 5) is 25.1. The Bertz CT molecular complexity index is 1540. The number of thiophene rings is 1. The van der Waals surface area contributed by atoms with Crippen LogP contribution in [0.25, 0.3) is 21.3 Å². The maximum absolute atomic E-state index is 12.4. The molecule has 204 valence electrons. The molecule has 1 aliphatic rings. The minimum absolute atomic E-state index is 0.000295. The summed E-state index contributed by atoms with van der Waals surface area (Å²) in [5.41, 5.74) is 9.77. The van der Waals surface area contributed by atoms with Crippen molar-refractivity contribution in [1.82, 2.24) is 14.9 Å². The fourth-order valence-corrected chi connectivity index (χ4v) is 6.48. The third-order valence-corrected chi connectivity index (χ3v) is 8.96. The van der Waals surface area contributed by atoms with Crippen LogP contribution in [0.3, 0.4) is 0 Å². The quantitative estimate of drug-likeness (QED) is 0.290. The fraction of sp³-hybridized carbons (Fsp3) is 0.345. The molecule has 0 unspecified atom stereocenters. The number of primary amides is 1. The second kappa shape index (κ2) is 11.4. The number of nitrogens with one attached hydrogen (secondary N) is 1. The number of hydrogen-bond acceptors (Lipinski definition) is 8. The monoisotopic (exact) mass is 563 g/mol. The van der Waals surface area contributed by atoms with Crippen molar-refractivity contribution in [2.45, 2.75) is 43.6 Å². The van der Waals surface area contributed by atoms with Crippen molar-refractivity contribution in [3.8, 4) is 16.9 Å². The smallest absolute Gasteiger partial charge is 0.259 e. The molecule has 10 heteroatoms. The van der Waals surface area contributed by atoms with E-state index in [1.54, 1.807) is 18.5 Å².